The van der Waals surface area contributed by atoms with Crippen LogP contribution in [0, 0.1) is 5.41 Å². The van der Waals surface area contributed by atoms with E-state index in [2.05, 4.69) is 31.4 Å². The van der Waals surface area contributed by atoms with Crippen molar-refractivity contribution in [2.24, 2.45) is 10.4 Å². The van der Waals surface area contributed by atoms with Gasteiger partial charge in [0.1, 0.15) is 0 Å². The molecule has 112 valence electrons. The molecule has 2 bridgehead atoms. The number of hydrogen-bond donors (Lipinski definition) is 0. The zero-order valence-corrected chi connectivity index (χ0v) is 13.8. The van der Waals surface area contributed by atoms with Gasteiger partial charge in [-0.2, -0.15) is 0 Å². The molecule has 3 aliphatic rings. The molecule has 21 heavy (non-hydrogen) atoms. The molecule has 0 amide bonds. The van der Waals surface area contributed by atoms with E-state index in [0.717, 1.165) is 11.5 Å². The smallest absolute Gasteiger partial charge is 0.314 e. The minimum Gasteiger partial charge on any atom is -0.466 e. The first-order valence-electron chi connectivity index (χ1n) is 7.36. The van der Waals surface area contributed by atoms with E-state index in [1.807, 2.05) is 19.9 Å². The molecule has 1 aromatic carbocycles. The number of hydrogen-bond acceptors (Lipinski definition) is 4. The van der Waals surface area contributed by atoms with Gasteiger partial charge in [0, 0.05) is 5.41 Å². The standard InChI is InChI=1S/C17H21NO2S/c1-5-20-15(19)17(3)10-16(2)12-9-7-6-8-11(12)13(17)18-14(16)21-4/h6-9,13H,5,10H2,1-4H3. The van der Waals surface area contributed by atoms with Crippen LogP contribution in [0.15, 0.2) is 29.3 Å². The molecule has 3 unspecified atom stereocenters. The largest absolute Gasteiger partial charge is 0.466 e. The van der Waals surface area contributed by atoms with Gasteiger partial charge in [-0.25, -0.2) is 0 Å². The van der Waals surface area contributed by atoms with Gasteiger partial charge in [0.2, 0.25) is 0 Å². The quantitative estimate of drug-likeness (QED) is 0.781. The number of fused-ring (bicyclic) bond motifs is 1. The van der Waals surface area contributed by atoms with Crippen molar-refractivity contribution in [3.8, 4) is 0 Å². The summed E-state index contributed by atoms with van der Waals surface area (Å²) in [5.41, 5.74) is 1.74. The molecule has 0 spiro atoms. The summed E-state index contributed by atoms with van der Waals surface area (Å²) in [5, 5.41) is 1.13. The third-order valence-corrected chi connectivity index (χ3v) is 5.77. The Balaban J connectivity index is 2.18. The number of benzene rings is 1. The molecule has 0 N–H and O–H groups in total. The minimum atomic E-state index is -0.571. The second-order valence-corrected chi connectivity index (χ2v) is 7.07. The summed E-state index contributed by atoms with van der Waals surface area (Å²) >= 11 is 1.69. The van der Waals surface area contributed by atoms with Gasteiger partial charge in [-0.15, -0.1) is 11.8 Å². The van der Waals surface area contributed by atoms with Crippen LogP contribution in [-0.2, 0) is 14.9 Å². The first-order chi connectivity index (χ1) is 9.97. The van der Waals surface area contributed by atoms with Crippen molar-refractivity contribution in [3.05, 3.63) is 35.4 Å². The summed E-state index contributed by atoms with van der Waals surface area (Å²) in [6.45, 7) is 6.48. The zero-order valence-electron chi connectivity index (χ0n) is 13.0. The van der Waals surface area contributed by atoms with E-state index in [1.54, 1.807) is 11.8 Å². The molecule has 2 aliphatic heterocycles. The molecule has 3 atom stereocenters. The highest BCUT2D eigenvalue weighted by Crippen LogP contribution is 2.59. The van der Waals surface area contributed by atoms with Crippen molar-refractivity contribution < 1.29 is 9.53 Å². The Kier molecular flexibility index (Phi) is 3.40. The summed E-state index contributed by atoms with van der Waals surface area (Å²) in [5.74, 6) is -0.125. The van der Waals surface area contributed by atoms with Crippen molar-refractivity contribution in [1.82, 2.24) is 0 Å². The molecule has 2 heterocycles. The van der Waals surface area contributed by atoms with Gasteiger partial charge in [0.15, 0.2) is 0 Å². The van der Waals surface area contributed by atoms with Crippen LogP contribution in [0.1, 0.15) is 44.4 Å². The third-order valence-electron chi connectivity index (χ3n) is 4.83. The molecular formula is C17H21NO2S. The van der Waals surface area contributed by atoms with Gasteiger partial charge in [-0.05, 0) is 44.6 Å². The predicted molar refractivity (Wildman–Crippen MR) is 86.8 cm³/mol. The number of carbonyl (C=O) groups is 1. The van der Waals surface area contributed by atoms with Gasteiger partial charge < -0.3 is 4.74 Å². The number of aliphatic imine (C=N–C) groups is 1. The van der Waals surface area contributed by atoms with E-state index in [4.69, 9.17) is 9.73 Å². The van der Waals surface area contributed by atoms with Gasteiger partial charge >= 0.3 is 5.97 Å². The van der Waals surface area contributed by atoms with Crippen LogP contribution >= 0.6 is 11.8 Å². The molecule has 0 aromatic heterocycles. The first-order valence-corrected chi connectivity index (χ1v) is 8.58. The second-order valence-electron chi connectivity index (χ2n) is 6.27. The van der Waals surface area contributed by atoms with Crippen molar-refractivity contribution in [2.75, 3.05) is 12.9 Å². The molecule has 3 nitrogen and oxygen atoms in total. The summed E-state index contributed by atoms with van der Waals surface area (Å²) in [7, 11) is 0. The Morgan fingerprint density at radius 1 is 1.43 bits per heavy atom. The maximum atomic E-state index is 12.6. The molecule has 0 saturated heterocycles. The highest BCUT2D eigenvalue weighted by molar-refractivity contribution is 8.13. The number of carbonyl (C=O) groups excluding carboxylic acids is 1. The Morgan fingerprint density at radius 2 is 2.14 bits per heavy atom. The molecular weight excluding hydrogens is 282 g/mol. The lowest BCUT2D eigenvalue weighted by molar-refractivity contribution is -0.158. The lowest BCUT2D eigenvalue weighted by Gasteiger charge is -2.52. The van der Waals surface area contributed by atoms with Gasteiger partial charge in [0.05, 0.1) is 23.1 Å². The van der Waals surface area contributed by atoms with E-state index < -0.39 is 5.41 Å². The van der Waals surface area contributed by atoms with E-state index in [1.165, 1.54) is 11.1 Å². The van der Waals surface area contributed by atoms with Crippen molar-refractivity contribution >= 4 is 22.8 Å². The normalized spacial score (nSPS) is 33.3. The van der Waals surface area contributed by atoms with Crippen LogP contribution < -0.4 is 0 Å². The Hall–Kier alpha value is -1.29. The van der Waals surface area contributed by atoms with Crippen LogP contribution in [0.3, 0.4) is 0 Å². The molecule has 4 rings (SSSR count). The molecule has 0 fully saturated rings. The summed E-state index contributed by atoms with van der Waals surface area (Å²) in [6.07, 6.45) is 2.83. The number of rotatable bonds is 2. The van der Waals surface area contributed by atoms with Gasteiger partial charge in [-0.3, -0.25) is 9.79 Å². The average Bonchev–Trinajstić information content (AvgIpc) is 2.47. The number of ether oxygens (including phenoxy) is 1. The first kappa shape index (κ1) is 14.6. The highest BCUT2D eigenvalue weighted by atomic mass is 32.2. The predicted octanol–water partition coefficient (Wildman–Crippen LogP) is 3.73. The number of esters is 1. The van der Waals surface area contributed by atoms with E-state index >= 15 is 0 Å². The third kappa shape index (κ3) is 1.88. The monoisotopic (exact) mass is 303 g/mol. The Labute approximate surface area is 130 Å². The number of thioether (sulfide) groups is 1. The Morgan fingerprint density at radius 3 is 2.81 bits per heavy atom. The lowest BCUT2D eigenvalue weighted by Crippen LogP contribution is -2.52. The maximum absolute atomic E-state index is 12.6. The van der Waals surface area contributed by atoms with Crippen LogP contribution in [0.5, 0.6) is 0 Å². The highest BCUT2D eigenvalue weighted by Gasteiger charge is 2.58. The fourth-order valence-corrected chi connectivity index (χ4v) is 4.77. The van der Waals surface area contributed by atoms with Crippen LogP contribution in [0.4, 0.5) is 0 Å². The van der Waals surface area contributed by atoms with Crippen molar-refractivity contribution in [2.45, 2.75) is 38.6 Å². The van der Waals surface area contributed by atoms with Gasteiger partial charge in [0.25, 0.3) is 0 Å². The fourth-order valence-electron chi connectivity index (χ4n) is 3.93. The second kappa shape index (κ2) is 4.87. The lowest BCUT2D eigenvalue weighted by atomic mass is 9.57. The van der Waals surface area contributed by atoms with Crippen LogP contribution in [0.25, 0.3) is 0 Å². The maximum Gasteiger partial charge on any atom is 0.314 e. The Bertz CT molecular complexity index is 627. The summed E-state index contributed by atoms with van der Waals surface area (Å²) in [6, 6.07) is 8.26. The van der Waals surface area contributed by atoms with Crippen LogP contribution in [-0.4, -0.2) is 23.9 Å². The minimum absolute atomic E-state index is 0.125. The van der Waals surface area contributed by atoms with E-state index in [9.17, 15) is 4.79 Å². The molecule has 4 heteroatoms. The summed E-state index contributed by atoms with van der Waals surface area (Å²) in [4.78, 5) is 17.5. The topological polar surface area (TPSA) is 38.7 Å². The number of nitrogens with zero attached hydrogens (tertiary/aromatic N) is 1. The molecule has 1 aromatic rings. The molecule has 1 aliphatic carbocycles. The summed E-state index contributed by atoms with van der Waals surface area (Å²) < 4.78 is 5.35. The molecule has 0 saturated carbocycles. The van der Waals surface area contributed by atoms with Crippen molar-refractivity contribution in [1.29, 1.82) is 0 Å². The van der Waals surface area contributed by atoms with E-state index in [0.29, 0.717) is 6.61 Å². The van der Waals surface area contributed by atoms with Gasteiger partial charge in [-0.1, -0.05) is 24.3 Å². The fraction of sp³-hybridized carbons (Fsp3) is 0.529. The van der Waals surface area contributed by atoms with Crippen LogP contribution in [0.2, 0.25) is 0 Å². The average molecular weight is 303 g/mol. The molecule has 0 radical (unpaired) electrons. The van der Waals surface area contributed by atoms with Crippen molar-refractivity contribution in [3.63, 3.8) is 0 Å². The zero-order chi connectivity index (χ0) is 15.3. The van der Waals surface area contributed by atoms with E-state index in [-0.39, 0.29) is 17.4 Å². The SMILES string of the molecule is CCOC(=O)C1(C)CC2(C)C(SC)=NC1c1ccccc12.